The summed E-state index contributed by atoms with van der Waals surface area (Å²) in [7, 11) is 5.15. The predicted octanol–water partition coefficient (Wildman–Crippen LogP) is 11.3. The number of benzene rings is 2. The number of hydrogen-bond donors (Lipinski definition) is 9. The summed E-state index contributed by atoms with van der Waals surface area (Å²) in [6.45, 7) is 17.2. The Morgan fingerprint density at radius 3 is 2.30 bits per heavy atom. The number of nitrogens with one attached hydrogen (secondary N) is 3. The molecule has 1 saturated carbocycles. The number of carbonyl (C=O) groups is 4. The monoisotopic (exact) mass is 1760 g/mol. The molecule has 8 aromatic rings. The number of aromatic nitrogens is 10. The third kappa shape index (κ3) is 28.2. The molecule has 31 nitrogen and oxygen atoms in total. The molecular weight excluding hydrogens is 1640 g/mol. The molecule has 7 heterocycles. The molecule has 12 rings (SSSR count). The fourth-order valence-electron chi connectivity index (χ4n) is 16.2. The zero-order valence-corrected chi connectivity index (χ0v) is 75.1. The molecule has 1 fully saturated rings. The summed E-state index contributed by atoms with van der Waals surface area (Å²) in [5, 5.41) is 64.6. The smallest absolute Gasteiger partial charge is 0.303 e. The lowest BCUT2D eigenvalue weighted by Crippen LogP contribution is -2.43. The lowest BCUT2D eigenvalue weighted by Gasteiger charge is -2.31. The number of rotatable bonds is 26. The first kappa shape index (κ1) is 100. The van der Waals surface area contributed by atoms with Crippen molar-refractivity contribution in [2.24, 2.45) is 17.8 Å². The topological polar surface area (TPSA) is 428 Å². The Labute approximate surface area is 739 Å². The first-order valence-electron chi connectivity index (χ1n) is 41.9. The number of nitrogen functional groups attached to an aromatic ring is 1. The number of ketones is 1. The van der Waals surface area contributed by atoms with Crippen LogP contribution >= 0.6 is 11.6 Å². The molecule has 0 radical (unpaired) electrons. The van der Waals surface area contributed by atoms with Gasteiger partial charge in [0.2, 0.25) is 5.95 Å². The van der Waals surface area contributed by atoms with Crippen molar-refractivity contribution in [3.8, 4) is 5.75 Å². The fraction of sp³-hybridized carbons (Fsp3) is 0.495. The summed E-state index contributed by atoms with van der Waals surface area (Å²) in [5.41, 5.74) is 17.0. The van der Waals surface area contributed by atoms with Gasteiger partial charge in [-0.15, -0.1) is 0 Å². The van der Waals surface area contributed by atoms with Crippen LogP contribution in [0.3, 0.4) is 0 Å². The van der Waals surface area contributed by atoms with Gasteiger partial charge in [-0.1, -0.05) is 132 Å². The Balaban J connectivity index is 0.000000211. The lowest BCUT2D eigenvalue weighted by atomic mass is 9.54. The SMILES string of the molecule is C.CB(O)[C@@H](CC(=O)[C@H](Cc1ccccc1)NC(=O)c1cnccn1)CC(C)C.CO[C@H]1CCCC2=C(CCCN(C)C)C(O)C=C(NC(=O)/C(C)=C/C=C\[C@@H](OC)[C@@H](OC(C)=O)/C(C)=C/[C@H](C)[C@H]1O)C2O.COc1c(C)cnc(Cn2cnc3c(Cl)nc(N)nc32)c1C.CS(=O)(=O)OC[C@@H]1C[C@@H](n2ccc3c(N[C@H]4CCc5ccccc54)ncnc32)C[C@@H]1O. The summed E-state index contributed by atoms with van der Waals surface area (Å²) in [4.78, 5) is 86.4. The molecule has 2 bridgehead atoms. The maximum absolute atomic E-state index is 13.1. The average molecular weight is 1760 g/mol. The van der Waals surface area contributed by atoms with E-state index >= 15 is 0 Å². The van der Waals surface area contributed by atoms with Gasteiger partial charge in [0, 0.05) is 92.6 Å². The number of ether oxygens (including phenoxy) is 4. The number of Topliss-reactive ketones (excluding diaryl/α,β-unsaturated/α-hetero) is 1. The quantitative estimate of drug-likeness (QED) is 0.00799. The highest BCUT2D eigenvalue weighted by atomic mass is 35.5. The van der Waals surface area contributed by atoms with Gasteiger partial charge in [-0.05, 0) is 170 Å². The van der Waals surface area contributed by atoms with E-state index in [-0.39, 0.29) is 78.5 Å². The first-order chi connectivity index (χ1) is 59.1. The Kier molecular flexibility index (Phi) is 38.1. The molecule has 4 aliphatic rings. The molecule has 2 amide bonds. The lowest BCUT2D eigenvalue weighted by molar-refractivity contribution is -0.149. The van der Waals surface area contributed by atoms with Crippen LogP contribution in [0.1, 0.15) is 169 Å². The maximum Gasteiger partial charge on any atom is 0.303 e. The third-order valence-electron chi connectivity index (χ3n) is 22.7. The van der Waals surface area contributed by atoms with E-state index in [0.29, 0.717) is 85.3 Å². The van der Waals surface area contributed by atoms with Gasteiger partial charge in [0.05, 0.1) is 86.6 Å². The van der Waals surface area contributed by atoms with Crippen LogP contribution in [0.15, 0.2) is 163 Å². The van der Waals surface area contributed by atoms with E-state index in [1.54, 1.807) is 65.0 Å². The highest BCUT2D eigenvalue weighted by Gasteiger charge is 2.38. The van der Waals surface area contributed by atoms with Crippen molar-refractivity contribution in [1.29, 1.82) is 0 Å². The number of allylic oxidation sites excluding steroid dienone is 2. The fourth-order valence-corrected chi connectivity index (χ4v) is 16.8. The third-order valence-corrected chi connectivity index (χ3v) is 23.5. The number of carbonyl (C=O) groups excluding carboxylic acids is 4. The average Bonchev–Trinajstić information content (AvgIpc) is 1.72. The van der Waals surface area contributed by atoms with Crippen molar-refractivity contribution >= 4 is 86.2 Å². The van der Waals surface area contributed by atoms with Gasteiger partial charge in [-0.2, -0.15) is 18.4 Å². The number of aliphatic hydroxyl groups is 4. The molecule has 6 aromatic heterocycles. The largest absolute Gasteiger partial charge is 0.496 e. The van der Waals surface area contributed by atoms with E-state index in [2.05, 4.69) is 103 Å². The minimum atomic E-state index is -3.53. The number of nitrogens with zero attached hydrogens (tertiary/aromatic N) is 11. The summed E-state index contributed by atoms with van der Waals surface area (Å²) in [5.74, 6) is -0.00184. The number of hydrogen-bond acceptors (Lipinski definition) is 27. The van der Waals surface area contributed by atoms with Gasteiger partial charge in [0.1, 0.15) is 47.0 Å². The van der Waals surface area contributed by atoms with Gasteiger partial charge >= 0.3 is 5.97 Å². The predicted molar refractivity (Wildman–Crippen MR) is 484 cm³/mol. The summed E-state index contributed by atoms with van der Waals surface area (Å²) >= 11 is 6.04. The van der Waals surface area contributed by atoms with E-state index in [9.17, 15) is 53.0 Å². The molecule has 2 unspecified atom stereocenters. The van der Waals surface area contributed by atoms with Crippen LogP contribution in [-0.4, -0.2) is 222 Å². The Hall–Kier alpha value is -10.0. The van der Waals surface area contributed by atoms with Crippen LogP contribution < -0.4 is 26.4 Å². The molecule has 3 aliphatic carbocycles. The van der Waals surface area contributed by atoms with Gasteiger partial charge < -0.3 is 80.1 Å². The van der Waals surface area contributed by atoms with Gasteiger partial charge in [0.25, 0.3) is 28.8 Å². The van der Waals surface area contributed by atoms with Crippen molar-refractivity contribution in [2.75, 3.05) is 65.9 Å². The van der Waals surface area contributed by atoms with Crippen molar-refractivity contribution in [2.45, 2.75) is 220 Å². The van der Waals surface area contributed by atoms with Crippen molar-refractivity contribution in [3.05, 3.63) is 207 Å². The molecule has 676 valence electrons. The van der Waals surface area contributed by atoms with Crippen LogP contribution in [0.5, 0.6) is 5.75 Å². The number of anilines is 2. The summed E-state index contributed by atoms with van der Waals surface area (Å²) < 4.78 is 53.8. The Bertz CT molecular complexity index is 5210. The van der Waals surface area contributed by atoms with Crippen molar-refractivity contribution in [3.63, 3.8) is 0 Å². The number of aryl methyl sites for hydroxylation is 2. The van der Waals surface area contributed by atoms with Crippen LogP contribution in [0.2, 0.25) is 17.8 Å². The molecule has 13 atom stereocenters. The Morgan fingerprint density at radius 2 is 1.62 bits per heavy atom. The molecule has 34 heteroatoms. The summed E-state index contributed by atoms with van der Waals surface area (Å²) in [6, 6.07) is 19.6. The molecule has 10 N–H and O–H groups in total. The van der Waals surface area contributed by atoms with Crippen LogP contribution in [-0.2, 0) is 62.3 Å². The highest BCUT2D eigenvalue weighted by Crippen LogP contribution is 2.41. The first-order valence-corrected chi connectivity index (χ1v) is 44.1. The number of fused-ring (bicyclic) bond motifs is 5. The second-order valence-corrected chi connectivity index (χ2v) is 34.9. The van der Waals surface area contributed by atoms with Gasteiger partial charge in [0.15, 0.2) is 22.7 Å². The van der Waals surface area contributed by atoms with Crippen LogP contribution in [0.4, 0.5) is 11.8 Å². The molecule has 0 saturated heterocycles. The van der Waals surface area contributed by atoms with E-state index in [1.165, 1.54) is 49.8 Å². The van der Waals surface area contributed by atoms with E-state index in [4.69, 9.17) is 40.5 Å². The minimum Gasteiger partial charge on any atom is -0.496 e. The zero-order chi connectivity index (χ0) is 90.2. The Morgan fingerprint density at radius 1 is 0.888 bits per heavy atom. The second kappa shape index (κ2) is 47.5. The second-order valence-electron chi connectivity index (χ2n) is 32.9. The van der Waals surface area contributed by atoms with Crippen molar-refractivity contribution in [1.82, 2.24) is 64.5 Å². The van der Waals surface area contributed by atoms with Crippen LogP contribution in [0.25, 0.3) is 22.2 Å². The number of amides is 2. The number of aliphatic hydroxyl groups excluding tert-OH is 4. The minimum absolute atomic E-state index is 0. The molecule has 2 aromatic carbocycles. The molecule has 1 aliphatic heterocycles. The van der Waals surface area contributed by atoms with Crippen LogP contribution in [0, 0.1) is 31.6 Å². The zero-order valence-electron chi connectivity index (χ0n) is 73.5. The number of pyridine rings is 1. The van der Waals surface area contributed by atoms with Gasteiger partial charge in [-0.3, -0.25) is 33.3 Å². The van der Waals surface area contributed by atoms with E-state index < -0.39 is 83.6 Å². The number of imidazole rings is 1. The highest BCUT2D eigenvalue weighted by molar-refractivity contribution is 7.86. The van der Waals surface area contributed by atoms with Gasteiger partial charge in [-0.25, -0.2) is 19.9 Å². The molecular formula is C91H125BClN15O16S. The number of methoxy groups -OCH3 is 3. The number of esters is 1. The molecule has 0 spiro atoms. The van der Waals surface area contributed by atoms with Crippen molar-refractivity contribution < 1.29 is 76.2 Å². The number of nitrogens with two attached hydrogens (primary N) is 1. The van der Waals surface area contributed by atoms with E-state index in [1.807, 2.05) is 95.0 Å². The van der Waals surface area contributed by atoms with E-state index in [0.717, 1.165) is 89.0 Å². The molecule has 125 heavy (non-hydrogen) atoms. The summed E-state index contributed by atoms with van der Waals surface area (Å²) in [6.07, 6.45) is 22.8. The standard InChI is InChI=1S/C33H52N2O8.C22H26N4O4S.C21H28BN3O3.C14H15ClN6O.CH4/c1-20-12-9-16-29(42-8)32(43-23(4)36)22(3)18-21(2)30(38)28(41-7)15-10-13-25-24(14-11-17-35(5)6)27(37)19-26(31(25)39)34-33(20)40;1-31(28,29)30-12-15-10-16(11-20(15)27)26-9-8-18-21(23-13-24-22(18)26)25-19-7-6-14-4-2-3-5-17(14)19;1-15(2)11-17(22(3)28)13-20(26)18(12-16-7-5-4-6-8-16)25-21(27)19-14-23-9-10-24-19;1-7-4-17-9(8(2)11(7)22-3)5-21-6-18-10-12(15)19-14(16)20-13(10)21;/h9,12,16,18-19,21,27-32,37-39H,10-11,13-15,17H2,1-8H3,(H,34,40);2-5,8-9,13,15-16,19-20,27H,6-7,10-12H2,1H3,(H,23,24,25);4-10,14-15,17-18,28H,11-13H2,1-3H3,(H,25,27);4,6H,5H2,1-3H3,(H2,16,19,20);1H4/b16-9-,20-12+,22-18+;;;;/t21-,27?,28-,29+,30+,31?,32-;15-,16+,19-,20-;17-,18+;;/m001../s1. The normalized spacial score (nSPS) is 22.7. The number of halogens is 1. The maximum atomic E-state index is 13.1.